The van der Waals surface area contributed by atoms with Gasteiger partial charge in [0.2, 0.25) is 5.91 Å². The van der Waals surface area contributed by atoms with E-state index in [0.29, 0.717) is 23.3 Å². The van der Waals surface area contributed by atoms with Crippen molar-refractivity contribution in [1.82, 2.24) is 15.6 Å². The molecule has 2 rings (SSSR count). The molecule has 0 radical (unpaired) electrons. The molecule has 2 aromatic rings. The van der Waals surface area contributed by atoms with Crippen molar-refractivity contribution in [1.29, 1.82) is 0 Å². The summed E-state index contributed by atoms with van der Waals surface area (Å²) in [6.07, 6.45) is 0.248. The first kappa shape index (κ1) is 19.7. The van der Waals surface area contributed by atoms with Crippen molar-refractivity contribution in [2.75, 3.05) is 25.5 Å². The van der Waals surface area contributed by atoms with Gasteiger partial charge in [-0.15, -0.1) is 11.3 Å². The minimum atomic E-state index is -0.295. The van der Waals surface area contributed by atoms with Gasteiger partial charge >= 0.3 is 0 Å². The second kappa shape index (κ2) is 9.76. The molecule has 0 bridgehead atoms. The Balaban J connectivity index is 1.81. The van der Waals surface area contributed by atoms with Gasteiger partial charge in [-0.1, -0.05) is 19.9 Å². The fraction of sp³-hybridized carbons (Fsp3) is 0.389. The summed E-state index contributed by atoms with van der Waals surface area (Å²) in [6, 6.07) is 7.45. The maximum absolute atomic E-state index is 12.1. The normalized spacial score (nSPS) is 10.5. The molecule has 1 heterocycles. The molecule has 0 saturated carbocycles. The molecule has 0 aliphatic carbocycles. The second-order valence-corrected chi connectivity index (χ2v) is 6.96. The van der Waals surface area contributed by atoms with E-state index < -0.39 is 0 Å². The number of carbonyl (C=O) groups is 2. The summed E-state index contributed by atoms with van der Waals surface area (Å²) >= 11 is 1.33. The summed E-state index contributed by atoms with van der Waals surface area (Å²) in [5.74, 6) is 0.772. The van der Waals surface area contributed by atoms with E-state index in [9.17, 15) is 9.59 Å². The Morgan fingerprint density at radius 2 is 2.08 bits per heavy atom. The lowest BCUT2D eigenvalue weighted by Crippen LogP contribution is -2.32. The van der Waals surface area contributed by atoms with E-state index in [2.05, 4.69) is 20.9 Å². The van der Waals surface area contributed by atoms with Gasteiger partial charge < -0.3 is 20.7 Å². The molecule has 140 valence electrons. The molecule has 0 spiro atoms. The highest BCUT2D eigenvalue weighted by molar-refractivity contribution is 7.14. The summed E-state index contributed by atoms with van der Waals surface area (Å²) < 4.78 is 5.18. The maximum atomic E-state index is 12.1. The molecule has 1 aromatic carbocycles. The van der Waals surface area contributed by atoms with Crippen molar-refractivity contribution in [3.63, 3.8) is 0 Å². The van der Waals surface area contributed by atoms with Crippen LogP contribution in [0.4, 0.5) is 10.8 Å². The van der Waals surface area contributed by atoms with Crippen molar-refractivity contribution in [3.8, 4) is 5.75 Å². The lowest BCUT2D eigenvalue weighted by molar-refractivity contribution is -0.121. The number of rotatable bonds is 9. The van der Waals surface area contributed by atoms with Crippen molar-refractivity contribution in [2.24, 2.45) is 5.92 Å². The predicted octanol–water partition coefficient (Wildman–Crippen LogP) is 2.79. The molecule has 3 N–H and O–H groups in total. The molecular weight excluding hydrogens is 352 g/mol. The monoisotopic (exact) mass is 376 g/mol. The fourth-order valence-corrected chi connectivity index (χ4v) is 2.76. The number of hydrogen-bond acceptors (Lipinski definition) is 6. The minimum Gasteiger partial charge on any atom is -0.497 e. The van der Waals surface area contributed by atoms with E-state index in [4.69, 9.17) is 4.74 Å². The zero-order valence-corrected chi connectivity index (χ0v) is 16.0. The molecule has 26 heavy (non-hydrogen) atoms. The van der Waals surface area contributed by atoms with Crippen LogP contribution >= 0.6 is 11.3 Å². The molecule has 0 aliphatic heterocycles. The van der Waals surface area contributed by atoms with Gasteiger partial charge in [0.1, 0.15) is 11.4 Å². The molecule has 2 amide bonds. The van der Waals surface area contributed by atoms with E-state index in [1.54, 1.807) is 12.5 Å². The lowest BCUT2D eigenvalue weighted by Gasteiger charge is -2.07. The first-order chi connectivity index (χ1) is 12.5. The maximum Gasteiger partial charge on any atom is 0.270 e. The van der Waals surface area contributed by atoms with Gasteiger partial charge in [-0.2, -0.15) is 0 Å². The van der Waals surface area contributed by atoms with Crippen LogP contribution in [0.25, 0.3) is 0 Å². The summed E-state index contributed by atoms with van der Waals surface area (Å²) in [6.45, 7) is 4.97. The average Bonchev–Trinajstić information content (AvgIpc) is 3.08. The van der Waals surface area contributed by atoms with Crippen LogP contribution in [0.5, 0.6) is 5.75 Å². The Morgan fingerprint density at radius 3 is 2.81 bits per heavy atom. The Hall–Kier alpha value is -2.61. The second-order valence-electron chi connectivity index (χ2n) is 6.10. The summed E-state index contributed by atoms with van der Waals surface area (Å²) in [4.78, 5) is 28.0. The average molecular weight is 376 g/mol. The standard InChI is InChI=1S/C18H24N4O3S/c1-12(2)10-20-16(23)7-8-19-17(24)15-11-26-18(22-15)21-13-5-4-6-14(9-13)25-3/h4-6,9,11-12H,7-8,10H2,1-3H3,(H,19,24)(H,20,23)(H,21,22). The van der Waals surface area contributed by atoms with Crippen molar-refractivity contribution in [2.45, 2.75) is 20.3 Å². The van der Waals surface area contributed by atoms with Crippen LogP contribution in [0.3, 0.4) is 0 Å². The Bertz CT molecular complexity index is 746. The molecule has 0 aliphatic rings. The van der Waals surface area contributed by atoms with Gasteiger partial charge in [-0.05, 0) is 18.1 Å². The van der Waals surface area contributed by atoms with Gasteiger partial charge in [0.15, 0.2) is 5.13 Å². The first-order valence-corrected chi connectivity index (χ1v) is 9.27. The largest absolute Gasteiger partial charge is 0.497 e. The minimum absolute atomic E-state index is 0.0716. The quantitative estimate of drug-likeness (QED) is 0.626. The van der Waals surface area contributed by atoms with Crippen LogP contribution in [-0.2, 0) is 4.79 Å². The Labute approximate surface area is 157 Å². The Morgan fingerprint density at radius 1 is 1.27 bits per heavy atom. The number of carbonyl (C=O) groups excluding carboxylic acids is 2. The van der Waals surface area contributed by atoms with Crippen LogP contribution in [0.2, 0.25) is 0 Å². The van der Waals surface area contributed by atoms with Crippen LogP contribution in [0, 0.1) is 5.92 Å². The number of aromatic nitrogens is 1. The topological polar surface area (TPSA) is 92.3 Å². The van der Waals surface area contributed by atoms with Gasteiger partial charge in [0.05, 0.1) is 7.11 Å². The number of benzene rings is 1. The van der Waals surface area contributed by atoms with E-state index in [-0.39, 0.29) is 24.8 Å². The van der Waals surface area contributed by atoms with E-state index >= 15 is 0 Å². The van der Waals surface area contributed by atoms with E-state index in [1.807, 2.05) is 38.1 Å². The predicted molar refractivity (Wildman–Crippen MR) is 103 cm³/mol. The van der Waals surface area contributed by atoms with Crippen LogP contribution in [0.1, 0.15) is 30.8 Å². The zero-order chi connectivity index (χ0) is 18.9. The van der Waals surface area contributed by atoms with Gasteiger partial charge in [0.25, 0.3) is 5.91 Å². The highest BCUT2D eigenvalue weighted by Gasteiger charge is 2.11. The number of anilines is 2. The fourth-order valence-electron chi connectivity index (χ4n) is 2.05. The summed E-state index contributed by atoms with van der Waals surface area (Å²) in [7, 11) is 1.61. The van der Waals surface area contributed by atoms with Crippen molar-refractivity contribution < 1.29 is 14.3 Å². The smallest absolute Gasteiger partial charge is 0.270 e. The van der Waals surface area contributed by atoms with E-state index in [1.165, 1.54) is 11.3 Å². The third-order valence-electron chi connectivity index (χ3n) is 3.40. The highest BCUT2D eigenvalue weighted by Crippen LogP contribution is 2.23. The molecule has 7 nitrogen and oxygen atoms in total. The molecule has 8 heteroatoms. The number of methoxy groups -OCH3 is 1. The third-order valence-corrected chi connectivity index (χ3v) is 4.16. The van der Waals surface area contributed by atoms with E-state index in [0.717, 1.165) is 11.4 Å². The van der Waals surface area contributed by atoms with Crippen molar-refractivity contribution in [3.05, 3.63) is 35.3 Å². The molecule has 1 aromatic heterocycles. The first-order valence-electron chi connectivity index (χ1n) is 8.39. The Kier molecular flexibility index (Phi) is 7.40. The van der Waals surface area contributed by atoms with Gasteiger partial charge in [-0.3, -0.25) is 9.59 Å². The van der Waals surface area contributed by atoms with Crippen molar-refractivity contribution >= 4 is 34.0 Å². The third kappa shape index (κ3) is 6.36. The molecule has 0 unspecified atom stereocenters. The summed E-state index contributed by atoms with van der Waals surface area (Å²) in [5, 5.41) is 10.9. The highest BCUT2D eigenvalue weighted by atomic mass is 32.1. The van der Waals surface area contributed by atoms with Crippen LogP contribution in [0.15, 0.2) is 29.6 Å². The zero-order valence-electron chi connectivity index (χ0n) is 15.2. The molecular formula is C18H24N4O3S. The SMILES string of the molecule is COc1cccc(Nc2nc(C(=O)NCCC(=O)NCC(C)C)cs2)c1. The number of nitrogens with zero attached hydrogens (tertiary/aromatic N) is 1. The van der Waals surface area contributed by atoms with Gasteiger partial charge in [-0.25, -0.2) is 4.98 Å². The number of amides is 2. The number of nitrogens with one attached hydrogen (secondary N) is 3. The molecule has 0 fully saturated rings. The molecule has 0 saturated heterocycles. The lowest BCUT2D eigenvalue weighted by atomic mass is 10.2. The number of hydrogen-bond donors (Lipinski definition) is 3. The number of ether oxygens (including phenoxy) is 1. The number of thiazole rings is 1. The molecule has 0 atom stereocenters. The van der Waals surface area contributed by atoms with Crippen LogP contribution < -0.4 is 20.7 Å². The van der Waals surface area contributed by atoms with Crippen LogP contribution in [-0.4, -0.2) is 37.0 Å². The van der Waals surface area contributed by atoms with Gasteiger partial charge in [0, 0.05) is 36.6 Å². The summed E-state index contributed by atoms with van der Waals surface area (Å²) in [5.41, 5.74) is 1.15.